The first-order valence-corrected chi connectivity index (χ1v) is 7.35. The summed E-state index contributed by atoms with van der Waals surface area (Å²) in [5.74, 6) is -0.756. The summed E-state index contributed by atoms with van der Waals surface area (Å²) in [5.41, 5.74) is 0.725. The van der Waals surface area contributed by atoms with E-state index in [-0.39, 0.29) is 12.2 Å². The van der Waals surface area contributed by atoms with Gasteiger partial charge in [-0.15, -0.1) is 9.79 Å². The van der Waals surface area contributed by atoms with E-state index in [0.717, 1.165) is 0 Å². The van der Waals surface area contributed by atoms with Crippen molar-refractivity contribution in [1.82, 2.24) is 5.32 Å². The third kappa shape index (κ3) is 5.77. The molecule has 11 heteroatoms. The van der Waals surface area contributed by atoms with Crippen LogP contribution in [0.15, 0.2) is 24.3 Å². The van der Waals surface area contributed by atoms with Crippen molar-refractivity contribution in [3.05, 3.63) is 35.4 Å². The van der Waals surface area contributed by atoms with E-state index in [2.05, 4.69) is 9.05 Å². The number of aliphatic hydroxyl groups excluding tert-OH is 1. The molecule has 0 aromatic heterocycles. The Morgan fingerprint density at radius 3 is 2.05 bits per heavy atom. The van der Waals surface area contributed by atoms with Crippen molar-refractivity contribution in [3.8, 4) is 0 Å². The number of aliphatic hydroxyl groups is 1. The lowest BCUT2D eigenvalue weighted by atomic mass is 10.1. The Labute approximate surface area is 115 Å². The number of nitrogens with one attached hydrogen (secondary N) is 1. The van der Waals surface area contributed by atoms with Gasteiger partial charge in [-0.1, -0.05) is 21.2 Å². The highest BCUT2D eigenvalue weighted by molar-refractivity contribution is 7.32. The fourth-order valence-electron chi connectivity index (χ4n) is 1.19. The zero-order valence-corrected chi connectivity index (χ0v) is 11.7. The van der Waals surface area contributed by atoms with Crippen LogP contribution in [-0.4, -0.2) is 27.2 Å². The van der Waals surface area contributed by atoms with Crippen LogP contribution in [0.25, 0.3) is 0 Å². The maximum absolute atomic E-state index is 11.7. The summed E-state index contributed by atoms with van der Waals surface area (Å²) in [6.07, 6.45) is -1.85. The van der Waals surface area contributed by atoms with Gasteiger partial charge in [0.15, 0.2) is 0 Å². The van der Waals surface area contributed by atoms with Crippen molar-refractivity contribution in [2.45, 2.75) is 13.0 Å². The molecule has 0 radical (unpaired) electrons. The predicted molar refractivity (Wildman–Crippen MR) is 65.4 cm³/mol. The molecule has 0 aliphatic heterocycles. The molecule has 0 aliphatic carbocycles. The highest BCUT2D eigenvalue weighted by atomic mass is 31.1. The van der Waals surface area contributed by atoms with Gasteiger partial charge < -0.3 is 5.11 Å². The molecular formula is C9H11NO8P2+2. The molecule has 2 atom stereocenters. The van der Waals surface area contributed by atoms with Gasteiger partial charge in [0.05, 0.1) is 6.61 Å². The molecule has 1 aromatic rings. The molecular weight excluding hydrogens is 312 g/mol. The second-order valence-corrected chi connectivity index (χ2v) is 4.72. The molecule has 9 nitrogen and oxygen atoms in total. The zero-order chi connectivity index (χ0) is 15.1. The minimum atomic E-state index is -3.14. The molecule has 0 spiro atoms. The lowest BCUT2D eigenvalue weighted by Gasteiger charge is -2.07. The molecule has 1 amide bonds. The molecule has 1 aromatic carbocycles. The van der Waals surface area contributed by atoms with Crippen LogP contribution in [-0.2, 0) is 24.8 Å². The Morgan fingerprint density at radius 2 is 1.65 bits per heavy atom. The van der Waals surface area contributed by atoms with Crippen LogP contribution in [0.4, 0.5) is 0 Å². The topological polar surface area (TPSA) is 142 Å². The number of hydrogen-bond acceptors (Lipinski definition) is 6. The summed E-state index contributed by atoms with van der Waals surface area (Å²) in [6, 6.07) is 5.75. The summed E-state index contributed by atoms with van der Waals surface area (Å²) in [4.78, 5) is 28.8. The summed E-state index contributed by atoms with van der Waals surface area (Å²) in [5, 5.41) is 10.8. The average Bonchev–Trinajstić information content (AvgIpc) is 2.37. The van der Waals surface area contributed by atoms with Gasteiger partial charge in [-0.2, -0.15) is 0 Å². The zero-order valence-electron chi connectivity index (χ0n) is 9.87. The number of carbonyl (C=O) groups is 1. The average molecular weight is 323 g/mol. The molecule has 0 bridgehead atoms. The number of rotatable bonds is 7. The van der Waals surface area contributed by atoms with E-state index in [1.807, 2.05) is 5.32 Å². The maximum Gasteiger partial charge on any atom is 0.699 e. The van der Waals surface area contributed by atoms with Gasteiger partial charge >= 0.3 is 22.9 Å². The Balaban J connectivity index is 2.72. The number of amides is 1. The monoisotopic (exact) mass is 323 g/mol. The smallest absolute Gasteiger partial charge is 0.392 e. The SMILES string of the molecule is O=C(NC(O[P+](=O)O)O[P+](=O)O)c1ccc(CO)cc1. The largest absolute Gasteiger partial charge is 0.699 e. The van der Waals surface area contributed by atoms with Gasteiger partial charge in [0.1, 0.15) is 0 Å². The molecule has 0 fully saturated rings. The summed E-state index contributed by atoms with van der Waals surface area (Å²) < 4.78 is 29.4. The van der Waals surface area contributed by atoms with E-state index in [1.165, 1.54) is 24.3 Å². The molecule has 2 unspecified atom stereocenters. The van der Waals surface area contributed by atoms with Gasteiger partial charge in [0.25, 0.3) is 5.91 Å². The Hall–Kier alpha value is -1.31. The van der Waals surface area contributed by atoms with Gasteiger partial charge in [-0.25, -0.2) is 0 Å². The second-order valence-electron chi connectivity index (χ2n) is 3.35. The van der Waals surface area contributed by atoms with Crippen LogP contribution in [0.2, 0.25) is 0 Å². The lowest BCUT2D eigenvalue weighted by molar-refractivity contribution is -0.0190. The molecule has 0 saturated carbocycles. The van der Waals surface area contributed by atoms with Gasteiger partial charge in [-0.3, -0.25) is 10.1 Å². The van der Waals surface area contributed by atoms with Crippen LogP contribution >= 0.6 is 16.5 Å². The van der Waals surface area contributed by atoms with E-state index in [9.17, 15) is 13.9 Å². The van der Waals surface area contributed by atoms with Crippen LogP contribution in [0, 0.1) is 0 Å². The van der Waals surface area contributed by atoms with Gasteiger partial charge in [0.2, 0.25) is 0 Å². The quantitative estimate of drug-likeness (QED) is 0.420. The first-order chi connectivity index (χ1) is 9.42. The van der Waals surface area contributed by atoms with Crippen LogP contribution in [0.1, 0.15) is 15.9 Å². The van der Waals surface area contributed by atoms with Crippen LogP contribution in [0.3, 0.4) is 0 Å². The van der Waals surface area contributed by atoms with E-state index >= 15 is 0 Å². The van der Waals surface area contributed by atoms with Crippen molar-refractivity contribution in [1.29, 1.82) is 0 Å². The maximum atomic E-state index is 11.7. The highest BCUT2D eigenvalue weighted by Gasteiger charge is 2.34. The standard InChI is InChI=1S/C9H9NO8P2/c11-5-6-1-3-7(4-2-6)8(12)10-9(17-19(13)14)18-20(15)16/h1-4,9,11H,5H2,(H-2,10,12,13,14,15,16)/p+2. The second kappa shape index (κ2) is 8.08. The number of carbonyl (C=O) groups excluding carboxylic acids is 1. The third-order valence-electron chi connectivity index (χ3n) is 2.02. The van der Waals surface area contributed by atoms with E-state index in [1.54, 1.807) is 0 Å². The third-order valence-corrected chi connectivity index (χ3v) is 2.76. The summed E-state index contributed by atoms with van der Waals surface area (Å²) in [6.45, 7) is -0.188. The molecule has 20 heavy (non-hydrogen) atoms. The minimum absolute atomic E-state index is 0.140. The van der Waals surface area contributed by atoms with Crippen molar-refractivity contribution < 1.29 is 37.9 Å². The summed E-state index contributed by atoms with van der Waals surface area (Å²) in [7, 11) is -6.28. The van der Waals surface area contributed by atoms with Crippen LogP contribution < -0.4 is 5.32 Å². The normalized spacial score (nSPS) is 13.6. The molecule has 0 heterocycles. The Morgan fingerprint density at radius 1 is 1.15 bits per heavy atom. The predicted octanol–water partition coefficient (Wildman–Crippen LogP) is 0.525. The van der Waals surface area contributed by atoms with E-state index in [0.29, 0.717) is 5.56 Å². The molecule has 0 aliphatic rings. The Kier molecular flexibility index (Phi) is 6.77. The lowest BCUT2D eigenvalue weighted by Crippen LogP contribution is -2.36. The molecule has 108 valence electrons. The number of hydrogen-bond donors (Lipinski definition) is 4. The molecule has 0 saturated heterocycles. The van der Waals surface area contributed by atoms with Crippen molar-refractivity contribution >= 4 is 22.4 Å². The minimum Gasteiger partial charge on any atom is -0.392 e. The molecule has 1 rings (SSSR count). The summed E-state index contributed by atoms with van der Waals surface area (Å²) >= 11 is 0. The first-order valence-electron chi connectivity index (χ1n) is 5.09. The Bertz CT molecular complexity index is 489. The fraction of sp³-hybridized carbons (Fsp3) is 0.222. The van der Waals surface area contributed by atoms with Gasteiger partial charge in [0, 0.05) is 14.7 Å². The highest BCUT2D eigenvalue weighted by Crippen LogP contribution is 2.24. The van der Waals surface area contributed by atoms with Crippen molar-refractivity contribution in [2.75, 3.05) is 0 Å². The van der Waals surface area contributed by atoms with Crippen molar-refractivity contribution in [2.24, 2.45) is 0 Å². The van der Waals surface area contributed by atoms with E-state index in [4.69, 9.17) is 14.9 Å². The van der Waals surface area contributed by atoms with E-state index < -0.39 is 28.8 Å². The van der Waals surface area contributed by atoms with Crippen LogP contribution in [0.5, 0.6) is 0 Å². The van der Waals surface area contributed by atoms with Crippen molar-refractivity contribution in [3.63, 3.8) is 0 Å². The molecule has 4 N–H and O–H groups in total. The fourth-order valence-corrected chi connectivity index (χ4v) is 1.77. The van der Waals surface area contributed by atoms with Gasteiger partial charge in [-0.05, 0) is 17.7 Å². The first kappa shape index (κ1) is 16.7. The number of benzene rings is 1.